The van der Waals surface area contributed by atoms with E-state index in [0.29, 0.717) is 40.5 Å². The number of benzene rings is 1. The van der Waals surface area contributed by atoms with Gasteiger partial charge in [-0.05, 0) is 43.4 Å². The molecule has 0 radical (unpaired) electrons. The van der Waals surface area contributed by atoms with Crippen LogP contribution in [0.4, 0.5) is 10.5 Å². The summed E-state index contributed by atoms with van der Waals surface area (Å²) in [7, 11) is 0. The molecule has 5 rings (SSSR count). The number of nitrogens with one attached hydrogen (secondary N) is 1. The highest BCUT2D eigenvalue weighted by Crippen LogP contribution is 2.51. The van der Waals surface area contributed by atoms with Crippen molar-refractivity contribution in [1.29, 1.82) is 0 Å². The Kier molecular flexibility index (Phi) is 4.50. The Morgan fingerprint density at radius 3 is 2.83 bits per heavy atom. The fourth-order valence-corrected chi connectivity index (χ4v) is 5.23. The van der Waals surface area contributed by atoms with Crippen LogP contribution in [-0.4, -0.2) is 47.7 Å². The van der Waals surface area contributed by atoms with Crippen LogP contribution in [0.1, 0.15) is 38.0 Å². The third-order valence-corrected chi connectivity index (χ3v) is 6.31. The number of likely N-dealkylation sites (tertiary alicyclic amines) is 1. The van der Waals surface area contributed by atoms with Gasteiger partial charge in [0.25, 0.3) is 0 Å². The Hall–Kier alpha value is -2.94. The largest absolute Gasteiger partial charge is 0.426 e. The van der Waals surface area contributed by atoms with Crippen LogP contribution in [0.3, 0.4) is 0 Å². The Morgan fingerprint density at radius 1 is 1.30 bits per heavy atom. The van der Waals surface area contributed by atoms with Gasteiger partial charge in [-0.15, -0.1) is 10.2 Å². The number of urea groups is 1. The topological polar surface area (TPSA) is 102 Å². The lowest BCUT2D eigenvalue weighted by Gasteiger charge is -2.63. The molecule has 2 amide bonds. The maximum Gasteiger partial charge on any atom is 0.322 e. The minimum atomic E-state index is -0.288. The zero-order valence-corrected chi connectivity index (χ0v) is 17.5. The van der Waals surface area contributed by atoms with Crippen LogP contribution in [0.15, 0.2) is 35.0 Å². The number of carbonyl (C=O) groups is 1. The summed E-state index contributed by atoms with van der Waals surface area (Å²) >= 11 is 6.29. The molecule has 3 aromatic rings. The number of piperidine rings is 1. The van der Waals surface area contributed by atoms with Crippen LogP contribution in [0, 0.1) is 12.8 Å². The van der Waals surface area contributed by atoms with Crippen LogP contribution < -0.4 is 5.32 Å². The van der Waals surface area contributed by atoms with Crippen LogP contribution in [0.25, 0.3) is 5.69 Å². The molecule has 10 heteroatoms. The van der Waals surface area contributed by atoms with E-state index < -0.39 is 0 Å². The molecule has 2 unspecified atom stereocenters. The molecule has 1 saturated heterocycles. The summed E-state index contributed by atoms with van der Waals surface area (Å²) in [4.78, 5) is 16.7. The highest BCUT2D eigenvalue weighted by atomic mass is 35.5. The van der Waals surface area contributed by atoms with Crippen molar-refractivity contribution in [1.82, 2.24) is 30.1 Å². The average molecular weight is 428 g/mol. The molecule has 30 heavy (non-hydrogen) atoms. The third kappa shape index (κ3) is 3.23. The molecule has 156 valence electrons. The first-order valence-corrected chi connectivity index (χ1v) is 10.4. The van der Waals surface area contributed by atoms with Crippen LogP contribution in [0.2, 0.25) is 5.02 Å². The molecule has 1 aliphatic heterocycles. The number of nitrogens with zero attached hydrogens (tertiary/aromatic N) is 6. The number of carbonyl (C=O) groups excluding carboxylic acids is 1. The van der Waals surface area contributed by atoms with Crippen LogP contribution in [0.5, 0.6) is 0 Å². The number of rotatable bonds is 4. The quantitative estimate of drug-likeness (QED) is 0.682. The Bertz CT molecular complexity index is 1080. The van der Waals surface area contributed by atoms with Crippen molar-refractivity contribution in [3.05, 3.63) is 47.4 Å². The van der Waals surface area contributed by atoms with Gasteiger partial charge in [0.15, 0.2) is 0 Å². The van der Waals surface area contributed by atoms with Gasteiger partial charge in [0, 0.05) is 25.1 Å². The fraction of sp³-hybridized carbons (Fsp3) is 0.450. The van der Waals surface area contributed by atoms with Crippen molar-refractivity contribution in [3.63, 3.8) is 0 Å². The van der Waals surface area contributed by atoms with Crippen molar-refractivity contribution >= 4 is 23.3 Å². The second-order valence-electron chi connectivity index (χ2n) is 8.30. The molecule has 1 N–H and O–H groups in total. The van der Waals surface area contributed by atoms with E-state index in [1.165, 1.54) is 4.80 Å². The summed E-state index contributed by atoms with van der Waals surface area (Å²) < 4.78 is 5.62. The van der Waals surface area contributed by atoms with Crippen LogP contribution >= 0.6 is 11.6 Å². The molecular formula is C20H22ClN7O2. The Balaban J connectivity index is 1.38. The minimum Gasteiger partial charge on any atom is -0.426 e. The first-order chi connectivity index (χ1) is 14.4. The normalized spacial score (nSPS) is 25.1. The molecule has 2 fully saturated rings. The number of halogens is 1. The van der Waals surface area contributed by atoms with E-state index in [9.17, 15) is 4.79 Å². The molecule has 1 aliphatic carbocycles. The summed E-state index contributed by atoms with van der Waals surface area (Å²) in [6, 6.07) is 5.37. The number of fused-ring (bicyclic) bond motifs is 2. The standard InChI is InChI=1S/C20H22ClN7O2/c1-12-7-15-10-20(9-12,11-18-26-25-13(2)30-18)27(15)19(29)24-14-3-4-16(21)17(8-14)28-22-5-6-23-28/h3-6,8,12,15H,7,9-11H2,1-2H3,(H,24,29)/t12-,15?,20?/m1/s1. The van der Waals surface area contributed by atoms with E-state index in [-0.39, 0.29) is 17.6 Å². The van der Waals surface area contributed by atoms with Gasteiger partial charge in [0.1, 0.15) is 5.69 Å². The highest BCUT2D eigenvalue weighted by molar-refractivity contribution is 6.32. The maximum absolute atomic E-state index is 13.3. The molecule has 0 spiro atoms. The summed E-state index contributed by atoms with van der Waals surface area (Å²) in [5, 5.41) is 19.9. The van der Waals surface area contributed by atoms with Gasteiger partial charge >= 0.3 is 6.03 Å². The van der Waals surface area contributed by atoms with Gasteiger partial charge in [-0.3, -0.25) is 0 Å². The zero-order valence-electron chi connectivity index (χ0n) is 16.7. The lowest BCUT2D eigenvalue weighted by atomic mass is 9.63. The van der Waals surface area contributed by atoms with E-state index in [1.54, 1.807) is 37.5 Å². The van der Waals surface area contributed by atoms with E-state index >= 15 is 0 Å². The Labute approximate surface area is 178 Å². The average Bonchev–Trinajstić information content (AvgIpc) is 3.34. The second-order valence-corrected chi connectivity index (χ2v) is 8.71. The van der Waals surface area contributed by atoms with Gasteiger partial charge in [-0.25, -0.2) is 4.79 Å². The van der Waals surface area contributed by atoms with E-state index in [0.717, 1.165) is 19.3 Å². The predicted octanol–water partition coefficient (Wildman–Crippen LogP) is 3.63. The van der Waals surface area contributed by atoms with E-state index in [1.807, 2.05) is 4.90 Å². The number of aromatic nitrogens is 5. The molecule has 2 bridgehead atoms. The molecule has 2 aliphatic rings. The van der Waals surface area contributed by atoms with Crippen molar-refractivity contribution < 1.29 is 9.21 Å². The molecule has 3 heterocycles. The smallest absolute Gasteiger partial charge is 0.322 e. The number of hydrogen-bond donors (Lipinski definition) is 1. The third-order valence-electron chi connectivity index (χ3n) is 5.99. The second kappa shape index (κ2) is 7.09. The highest BCUT2D eigenvalue weighted by Gasteiger charge is 2.58. The molecule has 3 atom stereocenters. The number of amides is 2. The van der Waals surface area contributed by atoms with Crippen molar-refractivity contribution in [2.75, 3.05) is 5.32 Å². The van der Waals surface area contributed by atoms with Gasteiger partial charge in [-0.2, -0.15) is 15.0 Å². The van der Waals surface area contributed by atoms with Crippen molar-refractivity contribution in [2.45, 2.75) is 51.1 Å². The summed E-state index contributed by atoms with van der Waals surface area (Å²) in [5.41, 5.74) is 0.955. The summed E-state index contributed by atoms with van der Waals surface area (Å²) in [5.74, 6) is 1.67. The number of aryl methyl sites for hydroxylation is 1. The van der Waals surface area contributed by atoms with E-state index in [4.69, 9.17) is 16.0 Å². The molecule has 9 nitrogen and oxygen atoms in total. The van der Waals surface area contributed by atoms with Crippen molar-refractivity contribution in [3.8, 4) is 5.69 Å². The molecular weight excluding hydrogens is 406 g/mol. The first-order valence-electron chi connectivity index (χ1n) is 9.99. The first kappa shape index (κ1) is 19.0. The number of hydrogen-bond acceptors (Lipinski definition) is 6. The van der Waals surface area contributed by atoms with Crippen molar-refractivity contribution in [2.24, 2.45) is 5.92 Å². The van der Waals surface area contributed by atoms with E-state index in [2.05, 4.69) is 32.6 Å². The van der Waals surface area contributed by atoms with Gasteiger partial charge in [-0.1, -0.05) is 18.5 Å². The lowest BCUT2D eigenvalue weighted by molar-refractivity contribution is -0.0918. The summed E-state index contributed by atoms with van der Waals surface area (Å²) in [6.45, 7) is 4.01. The predicted molar refractivity (Wildman–Crippen MR) is 109 cm³/mol. The number of anilines is 1. The van der Waals surface area contributed by atoms with Gasteiger partial charge in [0.2, 0.25) is 11.8 Å². The SMILES string of the molecule is Cc1nnc(CC23CC(C[C@@H](C)C2)N3C(=O)Nc2ccc(Cl)c(-n3nccn3)c2)o1. The lowest BCUT2D eigenvalue weighted by Crippen LogP contribution is -2.73. The van der Waals surface area contributed by atoms with Gasteiger partial charge < -0.3 is 14.6 Å². The molecule has 1 saturated carbocycles. The summed E-state index contributed by atoms with van der Waals surface area (Å²) in [6.07, 6.45) is 6.60. The van der Waals surface area contributed by atoms with Gasteiger partial charge in [0.05, 0.1) is 23.0 Å². The Morgan fingerprint density at radius 2 is 2.10 bits per heavy atom. The maximum atomic E-state index is 13.3. The minimum absolute atomic E-state index is 0.129. The molecule has 1 aromatic carbocycles. The fourth-order valence-electron chi connectivity index (χ4n) is 5.04. The monoisotopic (exact) mass is 427 g/mol. The molecule has 2 aromatic heterocycles. The van der Waals surface area contributed by atoms with Crippen LogP contribution in [-0.2, 0) is 6.42 Å². The zero-order chi connectivity index (χ0) is 20.9.